The molecule has 0 spiro atoms. The number of aromatic amines is 1. The second-order valence-corrected chi connectivity index (χ2v) is 7.55. The number of benzene rings is 1. The molecule has 1 amide bonds. The van der Waals surface area contributed by atoms with E-state index in [4.69, 9.17) is 0 Å². The van der Waals surface area contributed by atoms with E-state index in [9.17, 15) is 4.79 Å². The van der Waals surface area contributed by atoms with E-state index in [2.05, 4.69) is 53.1 Å². The van der Waals surface area contributed by atoms with Crippen LogP contribution in [0.2, 0.25) is 0 Å². The van der Waals surface area contributed by atoms with Crippen LogP contribution in [0.5, 0.6) is 0 Å². The van der Waals surface area contributed by atoms with Crippen LogP contribution in [0.15, 0.2) is 42.6 Å². The lowest BCUT2D eigenvalue weighted by Crippen LogP contribution is -2.30. The van der Waals surface area contributed by atoms with E-state index in [1.165, 1.54) is 5.56 Å². The van der Waals surface area contributed by atoms with Gasteiger partial charge in [0.05, 0.1) is 11.1 Å². The van der Waals surface area contributed by atoms with E-state index in [0.717, 1.165) is 24.4 Å². The molecule has 1 aliphatic rings. The van der Waals surface area contributed by atoms with E-state index in [-0.39, 0.29) is 11.3 Å². The number of carbonyl (C=O) groups excluding carboxylic acids is 1. The number of fused-ring (bicyclic) bond motifs is 1. The third kappa shape index (κ3) is 2.80. The number of imidazole rings is 1. The van der Waals surface area contributed by atoms with Gasteiger partial charge >= 0.3 is 0 Å². The van der Waals surface area contributed by atoms with Crippen molar-refractivity contribution in [3.05, 3.63) is 59.5 Å². The van der Waals surface area contributed by atoms with Gasteiger partial charge in [-0.15, -0.1) is 0 Å². The molecule has 4 rings (SSSR count). The highest BCUT2D eigenvalue weighted by molar-refractivity contribution is 5.96. The fourth-order valence-electron chi connectivity index (χ4n) is 3.85. The molecule has 0 radical (unpaired) electrons. The largest absolute Gasteiger partial charge is 0.341 e. The Labute approximate surface area is 147 Å². The number of H-pyrrole nitrogens is 1. The molecule has 1 fully saturated rings. The maximum Gasteiger partial charge on any atom is 0.255 e. The Hall–Kier alpha value is -2.69. The summed E-state index contributed by atoms with van der Waals surface area (Å²) in [5, 5.41) is 0. The Morgan fingerprint density at radius 3 is 2.80 bits per heavy atom. The first-order valence-corrected chi connectivity index (χ1v) is 8.61. The summed E-state index contributed by atoms with van der Waals surface area (Å²) in [6.45, 7) is 7.83. The van der Waals surface area contributed by atoms with Crippen molar-refractivity contribution in [3.8, 4) is 0 Å². The summed E-state index contributed by atoms with van der Waals surface area (Å²) in [5.41, 5.74) is 3.40. The van der Waals surface area contributed by atoms with Gasteiger partial charge < -0.3 is 9.88 Å². The van der Waals surface area contributed by atoms with Gasteiger partial charge in [0.25, 0.3) is 5.91 Å². The Bertz CT molecular complexity index is 929. The number of aryl methyl sites for hydroxylation is 1. The lowest BCUT2D eigenvalue weighted by atomic mass is 9.78. The maximum absolute atomic E-state index is 13.0. The molecule has 2 aromatic heterocycles. The predicted molar refractivity (Wildman–Crippen MR) is 97.5 cm³/mol. The fraction of sp³-hybridized carbons (Fsp3) is 0.350. The molecular weight excluding hydrogens is 312 g/mol. The van der Waals surface area contributed by atoms with Gasteiger partial charge in [-0.3, -0.25) is 4.79 Å². The molecule has 1 aliphatic heterocycles. The number of rotatable bonds is 2. The number of aromatic nitrogens is 3. The van der Waals surface area contributed by atoms with Crippen molar-refractivity contribution >= 4 is 17.1 Å². The van der Waals surface area contributed by atoms with Crippen LogP contribution in [0, 0.1) is 12.3 Å². The number of amides is 1. The predicted octanol–water partition coefficient (Wildman–Crippen LogP) is 3.53. The Morgan fingerprint density at radius 2 is 2.04 bits per heavy atom. The normalized spacial score (nSPS) is 19.5. The van der Waals surface area contributed by atoms with E-state index < -0.39 is 0 Å². The Kier molecular flexibility index (Phi) is 3.60. The zero-order chi connectivity index (χ0) is 17.6. The van der Waals surface area contributed by atoms with E-state index in [0.29, 0.717) is 17.1 Å². The van der Waals surface area contributed by atoms with Gasteiger partial charge in [0.15, 0.2) is 5.65 Å². The summed E-state index contributed by atoms with van der Waals surface area (Å²) in [6.07, 6.45) is 1.63. The third-order valence-corrected chi connectivity index (χ3v) is 5.14. The first kappa shape index (κ1) is 15.8. The highest BCUT2D eigenvalue weighted by Crippen LogP contribution is 2.42. The Balaban J connectivity index is 1.62. The zero-order valence-corrected chi connectivity index (χ0v) is 14.8. The second kappa shape index (κ2) is 5.69. The number of nitrogens with one attached hydrogen (secondary N) is 1. The molecule has 128 valence electrons. The minimum absolute atomic E-state index is 0.0353. The lowest BCUT2D eigenvalue weighted by molar-refractivity contribution is 0.0777. The second-order valence-electron chi connectivity index (χ2n) is 7.55. The van der Waals surface area contributed by atoms with Crippen molar-refractivity contribution in [1.82, 2.24) is 19.9 Å². The van der Waals surface area contributed by atoms with Crippen molar-refractivity contribution in [3.63, 3.8) is 0 Å². The van der Waals surface area contributed by atoms with Crippen molar-refractivity contribution in [2.24, 2.45) is 5.41 Å². The van der Waals surface area contributed by atoms with Crippen LogP contribution < -0.4 is 0 Å². The molecule has 0 bridgehead atoms. The first-order valence-electron chi connectivity index (χ1n) is 8.61. The van der Waals surface area contributed by atoms with Gasteiger partial charge in [0, 0.05) is 25.2 Å². The van der Waals surface area contributed by atoms with Crippen LogP contribution in [0.25, 0.3) is 11.2 Å². The van der Waals surface area contributed by atoms with Crippen LogP contribution in [-0.4, -0.2) is 38.8 Å². The SMILES string of the molecule is Cc1nc2ncc(C(=O)N3CC(c4ccccc4)C(C)(C)C3)cc2[nH]1. The van der Waals surface area contributed by atoms with Crippen LogP contribution >= 0.6 is 0 Å². The standard InChI is InChI=1S/C20H22N4O/c1-13-22-17-9-15(10-21-18(17)23-13)19(25)24-11-16(20(2,3)12-24)14-7-5-4-6-8-14/h4-10,16H,11-12H2,1-3H3,(H,21,22,23). The molecule has 0 aliphatic carbocycles. The smallest absolute Gasteiger partial charge is 0.255 e. The van der Waals surface area contributed by atoms with Gasteiger partial charge in [-0.25, -0.2) is 9.97 Å². The number of nitrogens with zero attached hydrogens (tertiary/aromatic N) is 3. The van der Waals surface area contributed by atoms with Crippen molar-refractivity contribution < 1.29 is 4.79 Å². The molecule has 3 aromatic rings. The Morgan fingerprint density at radius 1 is 1.28 bits per heavy atom. The monoisotopic (exact) mass is 334 g/mol. The summed E-state index contributed by atoms with van der Waals surface area (Å²) >= 11 is 0. The van der Waals surface area contributed by atoms with E-state index >= 15 is 0 Å². The summed E-state index contributed by atoms with van der Waals surface area (Å²) in [5.74, 6) is 1.18. The summed E-state index contributed by atoms with van der Waals surface area (Å²) < 4.78 is 0. The maximum atomic E-state index is 13.0. The molecule has 1 saturated heterocycles. The summed E-state index contributed by atoms with van der Waals surface area (Å²) in [4.78, 5) is 26.7. The van der Waals surface area contributed by atoms with Crippen molar-refractivity contribution in [1.29, 1.82) is 0 Å². The molecule has 0 saturated carbocycles. The molecule has 5 heteroatoms. The molecule has 1 atom stereocenters. The van der Waals surface area contributed by atoms with Crippen LogP contribution in [0.1, 0.15) is 41.5 Å². The average Bonchev–Trinajstić information content (AvgIpc) is 3.12. The van der Waals surface area contributed by atoms with E-state index in [1.54, 1.807) is 6.20 Å². The van der Waals surface area contributed by atoms with E-state index in [1.807, 2.05) is 24.0 Å². The highest BCUT2D eigenvalue weighted by Gasteiger charge is 2.42. The average molecular weight is 334 g/mol. The number of hydrogen-bond donors (Lipinski definition) is 1. The number of pyridine rings is 1. The first-order chi connectivity index (χ1) is 11.9. The number of hydrogen-bond acceptors (Lipinski definition) is 3. The molecule has 25 heavy (non-hydrogen) atoms. The van der Waals surface area contributed by atoms with Gasteiger partial charge in [0.2, 0.25) is 0 Å². The van der Waals surface area contributed by atoms with Gasteiger partial charge in [-0.1, -0.05) is 44.2 Å². The van der Waals surface area contributed by atoms with Gasteiger partial charge in [0.1, 0.15) is 5.82 Å². The summed E-state index contributed by atoms with van der Waals surface area (Å²) in [7, 11) is 0. The quantitative estimate of drug-likeness (QED) is 0.780. The molecule has 1 N–H and O–H groups in total. The van der Waals surface area contributed by atoms with Crippen LogP contribution in [0.4, 0.5) is 0 Å². The molecule has 5 nitrogen and oxygen atoms in total. The fourth-order valence-corrected chi connectivity index (χ4v) is 3.85. The lowest BCUT2D eigenvalue weighted by Gasteiger charge is -2.25. The topological polar surface area (TPSA) is 61.9 Å². The van der Waals surface area contributed by atoms with Crippen molar-refractivity contribution in [2.45, 2.75) is 26.7 Å². The minimum atomic E-state index is 0.0353. The molecule has 3 heterocycles. The molecular formula is C20H22N4O. The third-order valence-electron chi connectivity index (χ3n) is 5.14. The van der Waals surface area contributed by atoms with Gasteiger partial charge in [-0.05, 0) is 24.0 Å². The molecule has 1 unspecified atom stereocenters. The van der Waals surface area contributed by atoms with Crippen LogP contribution in [-0.2, 0) is 0 Å². The summed E-state index contributed by atoms with van der Waals surface area (Å²) in [6, 6.07) is 12.3. The molecule has 1 aromatic carbocycles. The zero-order valence-electron chi connectivity index (χ0n) is 14.8. The van der Waals surface area contributed by atoms with Crippen LogP contribution in [0.3, 0.4) is 0 Å². The minimum Gasteiger partial charge on any atom is -0.341 e. The van der Waals surface area contributed by atoms with Gasteiger partial charge in [-0.2, -0.15) is 0 Å². The number of likely N-dealkylation sites (tertiary alicyclic amines) is 1. The van der Waals surface area contributed by atoms with Crippen molar-refractivity contribution in [2.75, 3.05) is 13.1 Å². The number of carbonyl (C=O) groups is 1. The highest BCUT2D eigenvalue weighted by atomic mass is 16.2.